The van der Waals surface area contributed by atoms with Crippen LogP contribution in [0, 0.1) is 5.92 Å². The van der Waals surface area contributed by atoms with Gasteiger partial charge in [-0.2, -0.15) is 0 Å². The molecule has 1 aliphatic carbocycles. The first-order valence-electron chi connectivity index (χ1n) is 4.51. The van der Waals surface area contributed by atoms with Crippen LogP contribution in [0.3, 0.4) is 0 Å². The van der Waals surface area contributed by atoms with E-state index in [1.165, 1.54) is 18.4 Å². The molecule has 0 aromatic rings. The summed E-state index contributed by atoms with van der Waals surface area (Å²) < 4.78 is 0. The Kier molecular flexibility index (Phi) is 3.27. The number of hydrogen-bond donors (Lipinski definition) is 0. The average molecular weight is 164 g/mol. The molecule has 0 aliphatic heterocycles. The smallest absolute Gasteiger partial charge is 0.145 e. The summed E-state index contributed by atoms with van der Waals surface area (Å²) in [5.41, 5.74) is 2.33. The molecule has 0 saturated carbocycles. The van der Waals surface area contributed by atoms with E-state index in [-0.39, 0.29) is 0 Å². The third-order valence-electron chi connectivity index (χ3n) is 2.30. The molecule has 66 valence electrons. The zero-order valence-electron chi connectivity index (χ0n) is 7.84. The van der Waals surface area contributed by atoms with Crippen LogP contribution in [0.4, 0.5) is 0 Å². The van der Waals surface area contributed by atoms with Crippen LogP contribution in [0.15, 0.2) is 23.3 Å². The molecule has 0 aromatic heterocycles. The fourth-order valence-electron chi connectivity index (χ4n) is 1.70. The van der Waals surface area contributed by atoms with Crippen molar-refractivity contribution in [2.24, 2.45) is 5.92 Å². The minimum absolute atomic E-state index is 0.597. The fraction of sp³-hybridized carbons (Fsp3) is 0.545. The van der Waals surface area contributed by atoms with Gasteiger partial charge < -0.3 is 0 Å². The van der Waals surface area contributed by atoms with Crippen molar-refractivity contribution < 1.29 is 4.79 Å². The number of hydrogen-bond acceptors (Lipinski definition) is 1. The van der Waals surface area contributed by atoms with E-state index in [2.05, 4.69) is 19.1 Å². The number of aldehydes is 1. The van der Waals surface area contributed by atoms with Gasteiger partial charge in [0.15, 0.2) is 0 Å². The lowest BCUT2D eigenvalue weighted by atomic mass is 9.88. The number of carbonyl (C=O) groups is 1. The highest BCUT2D eigenvalue weighted by atomic mass is 16.1. The minimum Gasteiger partial charge on any atom is -0.298 e. The van der Waals surface area contributed by atoms with Gasteiger partial charge >= 0.3 is 0 Å². The molecular formula is C11H16O. The van der Waals surface area contributed by atoms with E-state index in [1.54, 1.807) is 0 Å². The van der Waals surface area contributed by atoms with Crippen LogP contribution in [-0.4, -0.2) is 6.29 Å². The predicted octanol–water partition coefficient (Wildman–Crippen LogP) is 2.88. The summed E-state index contributed by atoms with van der Waals surface area (Å²) >= 11 is 0. The Balaban J connectivity index is 2.55. The van der Waals surface area contributed by atoms with Gasteiger partial charge in [0.05, 0.1) is 0 Å². The molecule has 0 aromatic carbocycles. The largest absolute Gasteiger partial charge is 0.298 e. The van der Waals surface area contributed by atoms with E-state index in [1.807, 2.05) is 6.92 Å². The van der Waals surface area contributed by atoms with Crippen molar-refractivity contribution in [1.29, 1.82) is 0 Å². The maximum Gasteiger partial charge on any atom is 0.145 e. The molecular weight excluding hydrogens is 148 g/mol. The van der Waals surface area contributed by atoms with Crippen molar-refractivity contribution in [3.05, 3.63) is 23.3 Å². The first-order valence-corrected chi connectivity index (χ1v) is 4.51. The molecule has 0 spiro atoms. The third kappa shape index (κ3) is 2.65. The summed E-state index contributed by atoms with van der Waals surface area (Å²) in [5, 5.41) is 0. The van der Waals surface area contributed by atoms with Crippen LogP contribution in [0.1, 0.15) is 33.1 Å². The molecule has 1 heteroatoms. The maximum absolute atomic E-state index is 10.4. The fourth-order valence-corrected chi connectivity index (χ4v) is 1.70. The standard InChI is InChI=1S/C11H16O/c1-9-4-3-5-11(6-9)7-10(2)8-12/h4,7-8,11H,3,5-6H2,1-2H3/b10-7+. The zero-order chi connectivity index (χ0) is 8.97. The Morgan fingerprint density at radius 1 is 1.67 bits per heavy atom. The van der Waals surface area contributed by atoms with Gasteiger partial charge in [-0.1, -0.05) is 17.7 Å². The normalized spacial score (nSPS) is 25.0. The predicted molar refractivity (Wildman–Crippen MR) is 50.9 cm³/mol. The molecule has 0 fully saturated rings. The van der Waals surface area contributed by atoms with Crippen LogP contribution < -0.4 is 0 Å². The second-order valence-corrected chi connectivity index (χ2v) is 3.62. The molecule has 12 heavy (non-hydrogen) atoms. The molecule has 0 amide bonds. The zero-order valence-corrected chi connectivity index (χ0v) is 7.84. The molecule has 1 nitrogen and oxygen atoms in total. The molecule has 0 radical (unpaired) electrons. The van der Waals surface area contributed by atoms with Gasteiger partial charge in [-0.15, -0.1) is 0 Å². The lowest BCUT2D eigenvalue weighted by Gasteiger charge is -2.17. The Morgan fingerprint density at radius 3 is 3.00 bits per heavy atom. The molecule has 1 rings (SSSR count). The van der Waals surface area contributed by atoms with E-state index in [4.69, 9.17) is 0 Å². The Labute approximate surface area is 74.2 Å². The molecule has 1 aliphatic rings. The summed E-state index contributed by atoms with van der Waals surface area (Å²) in [4.78, 5) is 10.4. The summed E-state index contributed by atoms with van der Waals surface area (Å²) in [6.45, 7) is 4.04. The van der Waals surface area contributed by atoms with E-state index < -0.39 is 0 Å². The summed E-state index contributed by atoms with van der Waals surface area (Å²) in [6.07, 6.45) is 8.82. The second kappa shape index (κ2) is 4.24. The van der Waals surface area contributed by atoms with Crippen LogP contribution in [0.5, 0.6) is 0 Å². The molecule has 0 heterocycles. The minimum atomic E-state index is 0.597. The Morgan fingerprint density at radius 2 is 2.42 bits per heavy atom. The molecule has 0 saturated heterocycles. The highest BCUT2D eigenvalue weighted by molar-refractivity contribution is 5.72. The second-order valence-electron chi connectivity index (χ2n) is 3.62. The first-order chi connectivity index (χ1) is 5.72. The molecule has 1 atom stereocenters. The van der Waals surface area contributed by atoms with Crippen molar-refractivity contribution in [2.45, 2.75) is 33.1 Å². The van der Waals surface area contributed by atoms with Gasteiger partial charge in [-0.25, -0.2) is 0 Å². The van der Waals surface area contributed by atoms with Gasteiger partial charge in [-0.05, 0) is 44.6 Å². The van der Waals surface area contributed by atoms with Crippen LogP contribution in [-0.2, 0) is 4.79 Å². The van der Waals surface area contributed by atoms with Crippen molar-refractivity contribution in [3.63, 3.8) is 0 Å². The summed E-state index contributed by atoms with van der Waals surface area (Å²) in [7, 11) is 0. The SMILES string of the molecule is CC1=CCCC(/C=C(\C)C=O)C1. The summed E-state index contributed by atoms with van der Waals surface area (Å²) in [5.74, 6) is 0.597. The van der Waals surface area contributed by atoms with Gasteiger partial charge in [0.2, 0.25) is 0 Å². The monoisotopic (exact) mass is 164 g/mol. The van der Waals surface area contributed by atoms with E-state index >= 15 is 0 Å². The highest BCUT2D eigenvalue weighted by Gasteiger charge is 2.10. The Hall–Kier alpha value is -0.850. The van der Waals surface area contributed by atoms with Crippen LogP contribution >= 0.6 is 0 Å². The lowest BCUT2D eigenvalue weighted by Crippen LogP contribution is -2.03. The topological polar surface area (TPSA) is 17.1 Å². The van der Waals surface area contributed by atoms with Crippen molar-refractivity contribution in [3.8, 4) is 0 Å². The molecule has 0 N–H and O–H groups in total. The van der Waals surface area contributed by atoms with E-state index in [9.17, 15) is 4.79 Å². The van der Waals surface area contributed by atoms with Crippen LogP contribution in [0.2, 0.25) is 0 Å². The van der Waals surface area contributed by atoms with Crippen molar-refractivity contribution in [2.75, 3.05) is 0 Å². The quantitative estimate of drug-likeness (QED) is 0.348. The van der Waals surface area contributed by atoms with Gasteiger partial charge in [0.1, 0.15) is 6.29 Å². The molecule has 0 bridgehead atoms. The van der Waals surface area contributed by atoms with Crippen molar-refractivity contribution in [1.82, 2.24) is 0 Å². The van der Waals surface area contributed by atoms with Crippen LogP contribution in [0.25, 0.3) is 0 Å². The van der Waals surface area contributed by atoms with E-state index in [0.29, 0.717) is 5.92 Å². The third-order valence-corrected chi connectivity index (χ3v) is 2.30. The highest BCUT2D eigenvalue weighted by Crippen LogP contribution is 2.25. The average Bonchev–Trinajstić information content (AvgIpc) is 2.04. The molecule has 1 unspecified atom stereocenters. The lowest BCUT2D eigenvalue weighted by molar-refractivity contribution is -0.104. The number of allylic oxidation sites excluding steroid dienone is 4. The number of carbonyl (C=O) groups excluding carboxylic acids is 1. The summed E-state index contributed by atoms with van der Waals surface area (Å²) in [6, 6.07) is 0. The Bertz CT molecular complexity index is 223. The number of rotatable bonds is 2. The van der Waals surface area contributed by atoms with Gasteiger partial charge in [0, 0.05) is 0 Å². The maximum atomic E-state index is 10.4. The van der Waals surface area contributed by atoms with Crippen molar-refractivity contribution >= 4 is 6.29 Å². The van der Waals surface area contributed by atoms with Gasteiger partial charge in [0.25, 0.3) is 0 Å². The van der Waals surface area contributed by atoms with Gasteiger partial charge in [-0.3, -0.25) is 4.79 Å². The van der Waals surface area contributed by atoms with E-state index in [0.717, 1.165) is 18.3 Å². The first kappa shape index (κ1) is 9.24.